The van der Waals surface area contributed by atoms with Crippen LogP contribution in [-0.2, 0) is 6.54 Å². The summed E-state index contributed by atoms with van der Waals surface area (Å²) in [6.07, 6.45) is 1.75. The minimum atomic E-state index is 0.315. The number of fused-ring (bicyclic) bond motifs is 1. The third kappa shape index (κ3) is 3.01. The first-order valence-electron chi connectivity index (χ1n) is 6.70. The van der Waals surface area contributed by atoms with E-state index in [2.05, 4.69) is 52.8 Å². The fraction of sp³-hybridized carbons (Fsp3) is 0.0588. The molecule has 1 heterocycles. The highest BCUT2D eigenvalue weighted by Gasteiger charge is 2.01. The normalized spacial score (nSPS) is 10.5. The van der Waals surface area contributed by atoms with E-state index in [0.717, 1.165) is 12.2 Å². The van der Waals surface area contributed by atoms with Crippen molar-refractivity contribution >= 4 is 33.7 Å². The average Bonchev–Trinajstić information content (AvgIpc) is 2.53. The van der Waals surface area contributed by atoms with E-state index in [4.69, 9.17) is 18.0 Å². The molecule has 21 heavy (non-hydrogen) atoms. The number of nitrogens with two attached hydrogens (primary N) is 1. The molecule has 3 N–H and O–H groups in total. The fourth-order valence-electron chi connectivity index (χ4n) is 2.29. The largest absolute Gasteiger partial charge is 0.388 e. The molecule has 0 bridgehead atoms. The molecule has 0 saturated carbocycles. The van der Waals surface area contributed by atoms with Gasteiger partial charge in [-0.3, -0.25) is 4.98 Å². The highest BCUT2D eigenvalue weighted by Crippen LogP contribution is 2.19. The molecule has 0 fully saturated rings. The molecule has 4 heteroatoms. The van der Waals surface area contributed by atoms with Crippen LogP contribution in [0.5, 0.6) is 0 Å². The van der Waals surface area contributed by atoms with Gasteiger partial charge in [0.1, 0.15) is 4.99 Å². The smallest absolute Gasteiger partial charge is 0.122 e. The fourth-order valence-corrected chi connectivity index (χ4v) is 2.41. The predicted molar refractivity (Wildman–Crippen MR) is 91.4 cm³/mol. The number of anilines is 1. The molecule has 0 aliphatic heterocycles. The SMILES string of the molecule is NC(=S)c1ccc(NCc2cccc3ccccc23)cn1. The molecular formula is C17H15N3S. The Labute approximate surface area is 128 Å². The quantitative estimate of drug-likeness (QED) is 0.723. The molecule has 0 saturated heterocycles. The number of benzene rings is 2. The van der Waals surface area contributed by atoms with Crippen LogP contribution in [0.1, 0.15) is 11.3 Å². The third-order valence-corrected chi connectivity index (χ3v) is 3.59. The molecule has 3 aromatic rings. The van der Waals surface area contributed by atoms with Crippen LogP contribution in [0.25, 0.3) is 10.8 Å². The molecule has 1 aromatic heterocycles. The molecule has 0 amide bonds. The summed E-state index contributed by atoms with van der Waals surface area (Å²) in [6, 6.07) is 18.5. The van der Waals surface area contributed by atoms with Crippen molar-refractivity contribution in [1.29, 1.82) is 0 Å². The van der Waals surface area contributed by atoms with Gasteiger partial charge in [0.05, 0.1) is 17.6 Å². The molecular weight excluding hydrogens is 278 g/mol. The van der Waals surface area contributed by atoms with Crippen molar-refractivity contribution in [3.63, 3.8) is 0 Å². The van der Waals surface area contributed by atoms with Crippen molar-refractivity contribution in [3.8, 4) is 0 Å². The lowest BCUT2D eigenvalue weighted by Gasteiger charge is -2.09. The van der Waals surface area contributed by atoms with Crippen LogP contribution in [0.15, 0.2) is 60.8 Å². The molecule has 0 aliphatic carbocycles. The van der Waals surface area contributed by atoms with E-state index < -0.39 is 0 Å². The van der Waals surface area contributed by atoms with Gasteiger partial charge in [0.2, 0.25) is 0 Å². The van der Waals surface area contributed by atoms with Crippen molar-refractivity contribution in [1.82, 2.24) is 4.98 Å². The molecule has 3 nitrogen and oxygen atoms in total. The minimum Gasteiger partial charge on any atom is -0.388 e. The van der Waals surface area contributed by atoms with Gasteiger partial charge in [0.25, 0.3) is 0 Å². The van der Waals surface area contributed by atoms with Crippen LogP contribution in [0.4, 0.5) is 5.69 Å². The second-order valence-corrected chi connectivity index (χ2v) is 5.23. The van der Waals surface area contributed by atoms with Gasteiger partial charge in [-0.15, -0.1) is 0 Å². The average molecular weight is 293 g/mol. The molecule has 104 valence electrons. The summed E-state index contributed by atoms with van der Waals surface area (Å²) in [5, 5.41) is 5.89. The summed E-state index contributed by atoms with van der Waals surface area (Å²) >= 11 is 4.89. The summed E-state index contributed by atoms with van der Waals surface area (Å²) in [6.45, 7) is 0.745. The number of pyridine rings is 1. The van der Waals surface area contributed by atoms with Crippen LogP contribution in [0.3, 0.4) is 0 Å². The molecule has 0 unspecified atom stereocenters. The molecule has 0 spiro atoms. The number of hydrogen-bond acceptors (Lipinski definition) is 3. The number of aromatic nitrogens is 1. The van der Waals surface area contributed by atoms with Crippen LogP contribution in [-0.4, -0.2) is 9.97 Å². The zero-order chi connectivity index (χ0) is 14.7. The van der Waals surface area contributed by atoms with Crippen molar-refractivity contribution in [2.24, 2.45) is 5.73 Å². The Balaban J connectivity index is 1.79. The maximum atomic E-state index is 5.54. The van der Waals surface area contributed by atoms with Gasteiger partial charge in [-0.05, 0) is 28.5 Å². The number of nitrogens with zero attached hydrogens (tertiary/aromatic N) is 1. The second kappa shape index (κ2) is 5.89. The molecule has 3 rings (SSSR count). The van der Waals surface area contributed by atoms with Crippen LogP contribution >= 0.6 is 12.2 Å². The summed E-state index contributed by atoms with van der Waals surface area (Å²) in [4.78, 5) is 4.54. The monoisotopic (exact) mass is 293 g/mol. The first-order chi connectivity index (χ1) is 10.2. The van der Waals surface area contributed by atoms with Crippen LogP contribution in [0, 0.1) is 0 Å². The van der Waals surface area contributed by atoms with Crippen LogP contribution in [0.2, 0.25) is 0 Å². The van der Waals surface area contributed by atoms with E-state index in [-0.39, 0.29) is 0 Å². The number of thiocarbonyl (C=S) groups is 1. The van der Waals surface area contributed by atoms with Crippen molar-refractivity contribution in [3.05, 3.63) is 72.1 Å². The summed E-state index contributed by atoms with van der Waals surface area (Å²) in [7, 11) is 0. The van der Waals surface area contributed by atoms with Crippen molar-refractivity contribution in [2.75, 3.05) is 5.32 Å². The Hall–Kier alpha value is -2.46. The van der Waals surface area contributed by atoms with Gasteiger partial charge in [-0.1, -0.05) is 54.7 Å². The third-order valence-electron chi connectivity index (χ3n) is 3.38. The lowest BCUT2D eigenvalue weighted by Crippen LogP contribution is -2.11. The number of nitrogens with one attached hydrogen (secondary N) is 1. The van der Waals surface area contributed by atoms with E-state index in [0.29, 0.717) is 10.7 Å². The minimum absolute atomic E-state index is 0.315. The predicted octanol–water partition coefficient (Wildman–Crippen LogP) is 3.48. The highest BCUT2D eigenvalue weighted by molar-refractivity contribution is 7.80. The Morgan fingerprint density at radius 3 is 2.62 bits per heavy atom. The first kappa shape index (κ1) is 13.5. The van der Waals surface area contributed by atoms with Gasteiger partial charge >= 0.3 is 0 Å². The van der Waals surface area contributed by atoms with E-state index in [1.54, 1.807) is 6.20 Å². The Morgan fingerprint density at radius 2 is 1.86 bits per heavy atom. The Kier molecular flexibility index (Phi) is 3.79. The van der Waals surface area contributed by atoms with E-state index in [9.17, 15) is 0 Å². The molecule has 0 atom stereocenters. The van der Waals surface area contributed by atoms with Gasteiger partial charge in [-0.25, -0.2) is 0 Å². The van der Waals surface area contributed by atoms with E-state index in [1.165, 1.54) is 16.3 Å². The first-order valence-corrected chi connectivity index (χ1v) is 7.11. The van der Waals surface area contributed by atoms with Crippen LogP contribution < -0.4 is 11.1 Å². The standard InChI is InChI=1S/C17H15N3S/c18-17(21)16-9-8-14(11-20-16)19-10-13-6-3-5-12-4-1-2-7-15(12)13/h1-9,11,19H,10H2,(H2,18,21). The van der Waals surface area contributed by atoms with E-state index >= 15 is 0 Å². The molecule has 0 radical (unpaired) electrons. The van der Waals surface area contributed by atoms with Gasteiger partial charge in [-0.2, -0.15) is 0 Å². The zero-order valence-electron chi connectivity index (χ0n) is 11.4. The molecule has 2 aromatic carbocycles. The summed E-state index contributed by atoms with van der Waals surface area (Å²) < 4.78 is 0. The molecule has 0 aliphatic rings. The number of hydrogen-bond donors (Lipinski definition) is 2. The topological polar surface area (TPSA) is 50.9 Å². The number of rotatable bonds is 4. The van der Waals surface area contributed by atoms with Gasteiger partial charge in [0, 0.05) is 6.54 Å². The zero-order valence-corrected chi connectivity index (χ0v) is 12.2. The van der Waals surface area contributed by atoms with Crippen molar-refractivity contribution in [2.45, 2.75) is 6.54 Å². The maximum Gasteiger partial charge on any atom is 0.122 e. The maximum absolute atomic E-state index is 5.54. The Bertz CT molecular complexity index is 776. The summed E-state index contributed by atoms with van der Waals surface area (Å²) in [5.74, 6) is 0. The second-order valence-electron chi connectivity index (χ2n) is 4.79. The van der Waals surface area contributed by atoms with Crippen molar-refractivity contribution < 1.29 is 0 Å². The summed E-state index contributed by atoms with van der Waals surface area (Å²) in [5.41, 5.74) is 8.38. The Morgan fingerprint density at radius 1 is 1.05 bits per heavy atom. The lowest BCUT2D eigenvalue weighted by atomic mass is 10.0. The van der Waals surface area contributed by atoms with Gasteiger partial charge < -0.3 is 11.1 Å². The van der Waals surface area contributed by atoms with Gasteiger partial charge in [0.15, 0.2) is 0 Å². The highest BCUT2D eigenvalue weighted by atomic mass is 32.1. The van der Waals surface area contributed by atoms with E-state index in [1.807, 2.05) is 12.1 Å². The lowest BCUT2D eigenvalue weighted by molar-refractivity contribution is 1.15.